The summed E-state index contributed by atoms with van der Waals surface area (Å²) in [4.78, 5) is 0. The van der Waals surface area contributed by atoms with E-state index in [1.807, 2.05) is 13.8 Å². The first-order valence-corrected chi connectivity index (χ1v) is 10.7. The van der Waals surface area contributed by atoms with Crippen LogP contribution in [-0.2, 0) is 5.41 Å². The summed E-state index contributed by atoms with van der Waals surface area (Å²) in [5.74, 6) is 0.610. The molecule has 2 rings (SSSR count). The lowest BCUT2D eigenvalue weighted by Crippen LogP contribution is -2.24. The van der Waals surface area contributed by atoms with Gasteiger partial charge in [0.15, 0.2) is 0 Å². The fraction of sp³-hybridized carbons (Fsp3) is 0.565. The van der Waals surface area contributed by atoms with Crippen molar-refractivity contribution in [2.75, 3.05) is 13.2 Å². The predicted octanol–water partition coefficient (Wildman–Crippen LogP) is 7.04. The summed E-state index contributed by atoms with van der Waals surface area (Å²) in [6.07, 6.45) is 4.84. The third-order valence-corrected chi connectivity index (χ3v) is 6.38. The van der Waals surface area contributed by atoms with Crippen molar-refractivity contribution in [2.24, 2.45) is 5.92 Å². The van der Waals surface area contributed by atoms with Gasteiger partial charge in [0, 0.05) is 5.56 Å². The first kappa shape index (κ1) is 22.2. The van der Waals surface area contributed by atoms with Crippen LogP contribution in [0.15, 0.2) is 22.4 Å². The molecule has 1 atom stereocenters. The molecule has 0 saturated carbocycles. The minimum absolute atomic E-state index is 0.0406. The number of hydrogen-bond acceptors (Lipinski definition) is 2. The molecule has 1 aliphatic rings. The normalized spacial score (nSPS) is 17.7. The van der Waals surface area contributed by atoms with E-state index in [2.05, 4.69) is 55.8 Å². The number of benzene rings is 1. The molecule has 150 valence electrons. The van der Waals surface area contributed by atoms with Gasteiger partial charge in [0.2, 0.25) is 0 Å². The Morgan fingerprint density at radius 1 is 1.33 bits per heavy atom. The minimum Gasteiger partial charge on any atom is -0.492 e. The van der Waals surface area contributed by atoms with Gasteiger partial charge in [-0.25, -0.2) is 4.39 Å². The Hall–Kier alpha value is -1.13. The number of halogens is 2. The van der Waals surface area contributed by atoms with E-state index in [0.717, 1.165) is 22.9 Å². The maximum atomic E-state index is 14.5. The Labute approximate surface area is 171 Å². The van der Waals surface area contributed by atoms with Crippen molar-refractivity contribution < 1.29 is 14.2 Å². The zero-order valence-corrected chi connectivity index (χ0v) is 19.0. The number of rotatable bonds is 7. The first-order valence-electron chi connectivity index (χ1n) is 9.92. The molecule has 0 radical (unpaired) electrons. The molecule has 0 spiro atoms. The van der Waals surface area contributed by atoms with Crippen LogP contribution >= 0.6 is 15.9 Å². The van der Waals surface area contributed by atoms with Crippen LogP contribution in [0.3, 0.4) is 0 Å². The first-order chi connectivity index (χ1) is 12.7. The molecule has 0 fully saturated rings. The second-order valence-electron chi connectivity index (χ2n) is 7.87. The summed E-state index contributed by atoms with van der Waals surface area (Å²) in [5.41, 5.74) is 4.92. The van der Waals surface area contributed by atoms with Crippen molar-refractivity contribution in [3.63, 3.8) is 0 Å². The number of ether oxygens (including phenoxy) is 1. The van der Waals surface area contributed by atoms with E-state index < -0.39 is 12.4 Å². The van der Waals surface area contributed by atoms with Crippen LogP contribution in [0.4, 0.5) is 4.39 Å². The highest BCUT2D eigenvalue weighted by molar-refractivity contribution is 9.10. The van der Waals surface area contributed by atoms with Gasteiger partial charge in [-0.1, -0.05) is 40.7 Å². The summed E-state index contributed by atoms with van der Waals surface area (Å²) in [7, 11) is 0. The summed E-state index contributed by atoms with van der Waals surface area (Å²) < 4.78 is 21.4. The molecule has 27 heavy (non-hydrogen) atoms. The molecule has 1 unspecified atom stereocenters. The van der Waals surface area contributed by atoms with Crippen molar-refractivity contribution in [1.82, 2.24) is 0 Å². The Balaban J connectivity index is 2.89. The van der Waals surface area contributed by atoms with Crippen LogP contribution < -0.4 is 4.74 Å². The number of fused-ring (bicyclic) bond motifs is 1. The van der Waals surface area contributed by atoms with Gasteiger partial charge in [-0.2, -0.15) is 0 Å². The third kappa shape index (κ3) is 4.17. The van der Waals surface area contributed by atoms with Crippen LogP contribution in [-0.4, -0.2) is 18.3 Å². The van der Waals surface area contributed by atoms with E-state index >= 15 is 0 Å². The summed E-state index contributed by atoms with van der Waals surface area (Å²) >= 11 is 3.80. The molecule has 1 N–H and O–H groups in total. The summed E-state index contributed by atoms with van der Waals surface area (Å²) in [6, 6.07) is 2.08. The Morgan fingerprint density at radius 3 is 2.52 bits per heavy atom. The van der Waals surface area contributed by atoms with Crippen LogP contribution in [0.5, 0.6) is 5.75 Å². The number of allylic oxidation sites excluding steroid dienone is 3. The van der Waals surface area contributed by atoms with Gasteiger partial charge >= 0.3 is 0 Å². The second kappa shape index (κ2) is 8.91. The molecule has 2 nitrogen and oxygen atoms in total. The Bertz CT molecular complexity index is 762. The van der Waals surface area contributed by atoms with Crippen molar-refractivity contribution in [1.29, 1.82) is 0 Å². The van der Waals surface area contributed by atoms with Crippen LogP contribution in [0.25, 0.3) is 11.1 Å². The minimum atomic E-state index is -0.594. The zero-order valence-electron chi connectivity index (χ0n) is 17.4. The molecule has 0 saturated heterocycles. The molecule has 1 aromatic rings. The second-order valence-corrected chi connectivity index (χ2v) is 8.67. The van der Waals surface area contributed by atoms with Crippen molar-refractivity contribution in [3.05, 3.63) is 39.1 Å². The standard InChI is InChI=1S/C23H32BrFO2/c1-7-14(4)16-10-11-23(5,6)20-17(16)12-18(15(8-2)19(25)13-26)22(21(20)24)27-9-3/h10,12,14,26H,7-9,11,13H2,1-6H3. The smallest absolute Gasteiger partial charge is 0.141 e. The highest BCUT2D eigenvalue weighted by atomic mass is 79.9. The van der Waals surface area contributed by atoms with Gasteiger partial charge in [0.1, 0.15) is 11.6 Å². The third-order valence-electron chi connectivity index (χ3n) is 5.62. The topological polar surface area (TPSA) is 29.5 Å². The maximum absolute atomic E-state index is 14.5. The van der Waals surface area contributed by atoms with Crippen molar-refractivity contribution in [3.8, 4) is 5.75 Å². The lowest BCUT2D eigenvalue weighted by atomic mass is 9.70. The van der Waals surface area contributed by atoms with E-state index in [-0.39, 0.29) is 5.41 Å². The van der Waals surface area contributed by atoms with Gasteiger partial charge in [-0.3, -0.25) is 0 Å². The van der Waals surface area contributed by atoms with Crippen molar-refractivity contribution in [2.45, 2.75) is 66.2 Å². The zero-order chi connectivity index (χ0) is 20.4. The SMILES string of the molecule is CCOc1c(C(CC)=C(F)CO)cc2c(c1Br)C(C)(C)CC=C2C(C)CC. The quantitative estimate of drug-likeness (QED) is 0.494. The summed E-state index contributed by atoms with van der Waals surface area (Å²) in [6.45, 7) is 12.6. The van der Waals surface area contributed by atoms with E-state index in [1.165, 1.54) is 16.7 Å². The van der Waals surface area contributed by atoms with Crippen LogP contribution in [0.2, 0.25) is 0 Å². The van der Waals surface area contributed by atoms with Gasteiger partial charge < -0.3 is 9.84 Å². The molecule has 1 aliphatic carbocycles. The van der Waals surface area contributed by atoms with Gasteiger partial charge in [-0.15, -0.1) is 0 Å². The molecule has 0 bridgehead atoms. The molecule has 0 aliphatic heterocycles. The molecule has 0 amide bonds. The number of aliphatic hydroxyl groups is 1. The highest BCUT2D eigenvalue weighted by Gasteiger charge is 2.34. The highest BCUT2D eigenvalue weighted by Crippen LogP contribution is 2.51. The lowest BCUT2D eigenvalue weighted by molar-refractivity contribution is 0.298. The Kier molecular flexibility index (Phi) is 7.32. The van der Waals surface area contributed by atoms with Gasteiger partial charge in [0.25, 0.3) is 0 Å². The van der Waals surface area contributed by atoms with Crippen LogP contribution in [0.1, 0.15) is 77.5 Å². The molecule has 1 aromatic carbocycles. The molecule has 0 heterocycles. The van der Waals surface area contributed by atoms with E-state index in [4.69, 9.17) is 4.74 Å². The number of hydrogen-bond donors (Lipinski definition) is 1. The van der Waals surface area contributed by atoms with E-state index in [1.54, 1.807) is 0 Å². The molecule has 0 aromatic heterocycles. The fourth-order valence-electron chi connectivity index (χ4n) is 3.92. The largest absolute Gasteiger partial charge is 0.492 e. The summed E-state index contributed by atoms with van der Waals surface area (Å²) in [5, 5.41) is 9.39. The molecular weight excluding hydrogens is 407 g/mol. The van der Waals surface area contributed by atoms with Gasteiger partial charge in [-0.05, 0) is 81.8 Å². The number of aliphatic hydroxyl groups excluding tert-OH is 1. The monoisotopic (exact) mass is 438 g/mol. The molecule has 4 heteroatoms. The average molecular weight is 439 g/mol. The Morgan fingerprint density at radius 2 is 2.00 bits per heavy atom. The average Bonchev–Trinajstić information content (AvgIpc) is 2.63. The van der Waals surface area contributed by atoms with E-state index in [9.17, 15) is 9.50 Å². The van der Waals surface area contributed by atoms with Crippen molar-refractivity contribution >= 4 is 27.1 Å². The fourth-order valence-corrected chi connectivity index (χ4v) is 5.00. The molecular formula is C23H32BrFO2. The predicted molar refractivity (Wildman–Crippen MR) is 116 cm³/mol. The van der Waals surface area contributed by atoms with Crippen LogP contribution in [0, 0.1) is 5.92 Å². The maximum Gasteiger partial charge on any atom is 0.141 e. The lowest BCUT2D eigenvalue weighted by Gasteiger charge is -2.36. The van der Waals surface area contributed by atoms with E-state index in [0.29, 0.717) is 30.3 Å². The van der Waals surface area contributed by atoms with Gasteiger partial charge in [0.05, 0.1) is 17.7 Å².